The van der Waals surface area contributed by atoms with E-state index in [1.165, 1.54) is 6.20 Å². The van der Waals surface area contributed by atoms with Crippen LogP contribution < -0.4 is 5.32 Å². The molecule has 0 bridgehead atoms. The average Bonchev–Trinajstić information content (AvgIpc) is 2.60. The van der Waals surface area contributed by atoms with E-state index in [-0.39, 0.29) is 12.3 Å². The summed E-state index contributed by atoms with van der Waals surface area (Å²) in [6.07, 6.45) is 5.40. The Labute approximate surface area is 146 Å². The molecule has 0 radical (unpaired) electrons. The van der Waals surface area contributed by atoms with Crippen molar-refractivity contribution in [3.05, 3.63) is 71.1 Å². The van der Waals surface area contributed by atoms with Crippen LogP contribution in [-0.2, 0) is 11.3 Å². The molecular weight excluding hydrogens is 320 g/mol. The fourth-order valence-corrected chi connectivity index (χ4v) is 2.16. The van der Waals surface area contributed by atoms with Gasteiger partial charge in [0.2, 0.25) is 0 Å². The third-order valence-corrected chi connectivity index (χ3v) is 3.41. The molecule has 0 aliphatic carbocycles. The number of carboxylic acids is 1. The molecule has 0 atom stereocenters. The molecule has 0 unspecified atom stereocenters. The number of nitrogens with zero attached hydrogens (tertiary/aromatic N) is 1. The third kappa shape index (κ3) is 6.10. The van der Waals surface area contributed by atoms with E-state index >= 15 is 0 Å². The number of ether oxygens (including phenoxy) is 1. The third-order valence-electron chi connectivity index (χ3n) is 3.41. The highest BCUT2D eigenvalue weighted by Crippen LogP contribution is 2.09. The molecule has 130 valence electrons. The summed E-state index contributed by atoms with van der Waals surface area (Å²) in [7, 11) is 0. The molecule has 2 aromatic rings. The van der Waals surface area contributed by atoms with E-state index < -0.39 is 12.1 Å². The van der Waals surface area contributed by atoms with Gasteiger partial charge in [0.1, 0.15) is 6.61 Å². The molecule has 1 heterocycles. The molecule has 2 rings (SSSR count). The Morgan fingerprint density at radius 2 is 2.04 bits per heavy atom. The number of carbonyl (C=O) groups is 2. The van der Waals surface area contributed by atoms with Crippen LogP contribution >= 0.6 is 0 Å². The molecule has 0 aliphatic rings. The Kier molecular flexibility index (Phi) is 6.71. The maximum absolute atomic E-state index is 11.6. The number of amides is 1. The number of nitrogens with one attached hydrogen (secondary N) is 1. The van der Waals surface area contributed by atoms with Crippen LogP contribution in [0.2, 0.25) is 0 Å². The molecule has 2 N–H and O–H groups in total. The minimum Gasteiger partial charge on any atom is -0.477 e. The van der Waals surface area contributed by atoms with Crippen LogP contribution in [0.3, 0.4) is 0 Å². The summed E-state index contributed by atoms with van der Waals surface area (Å²) < 4.78 is 5.10. The highest BCUT2D eigenvalue weighted by molar-refractivity contribution is 5.87. The van der Waals surface area contributed by atoms with Crippen LogP contribution in [-0.4, -0.2) is 28.7 Å². The van der Waals surface area contributed by atoms with E-state index in [1.54, 1.807) is 13.0 Å². The smallest absolute Gasteiger partial charge is 0.407 e. The van der Waals surface area contributed by atoms with Gasteiger partial charge in [-0.05, 0) is 36.1 Å². The molecular formula is C19H20N2O4. The van der Waals surface area contributed by atoms with Crippen LogP contribution in [0.1, 0.15) is 33.6 Å². The van der Waals surface area contributed by atoms with Crippen LogP contribution in [0.25, 0.3) is 6.08 Å². The normalized spacial score (nSPS) is 10.6. The maximum atomic E-state index is 11.6. The van der Waals surface area contributed by atoms with Crippen molar-refractivity contribution in [2.75, 3.05) is 6.54 Å². The first-order valence-corrected chi connectivity index (χ1v) is 7.87. The summed E-state index contributed by atoms with van der Waals surface area (Å²) in [4.78, 5) is 26.4. The molecule has 6 nitrogen and oxygen atoms in total. The van der Waals surface area contributed by atoms with Crippen molar-refractivity contribution >= 4 is 18.1 Å². The summed E-state index contributed by atoms with van der Waals surface area (Å²) in [6.45, 7) is 2.39. The average molecular weight is 340 g/mol. The second kappa shape index (κ2) is 9.22. The van der Waals surface area contributed by atoms with E-state index in [1.807, 2.05) is 42.5 Å². The van der Waals surface area contributed by atoms with Crippen molar-refractivity contribution < 1.29 is 19.4 Å². The van der Waals surface area contributed by atoms with Crippen molar-refractivity contribution in [1.82, 2.24) is 10.3 Å². The SMILES string of the molecule is Cc1cc(C=CCCNC(=O)OCc2ccccc2)cnc1C(=O)O. The van der Waals surface area contributed by atoms with Gasteiger partial charge in [0.15, 0.2) is 5.69 Å². The Hall–Kier alpha value is -3.15. The number of aromatic nitrogens is 1. The van der Waals surface area contributed by atoms with Gasteiger partial charge in [-0.2, -0.15) is 0 Å². The van der Waals surface area contributed by atoms with Crippen molar-refractivity contribution in [3.63, 3.8) is 0 Å². The lowest BCUT2D eigenvalue weighted by Crippen LogP contribution is -2.24. The quantitative estimate of drug-likeness (QED) is 0.754. The molecule has 1 amide bonds. The standard InChI is InChI=1S/C19H20N2O4/c1-14-11-16(12-21-17(14)18(22)23)9-5-6-10-20-19(24)25-13-15-7-3-2-4-8-15/h2-5,7-9,11-12H,6,10,13H2,1H3,(H,20,24)(H,22,23). The lowest BCUT2D eigenvalue weighted by Gasteiger charge is -2.06. The molecule has 0 aliphatic heterocycles. The monoisotopic (exact) mass is 340 g/mol. The van der Waals surface area contributed by atoms with Gasteiger partial charge in [-0.25, -0.2) is 14.6 Å². The number of aryl methyl sites for hydroxylation is 1. The predicted octanol–water partition coefficient (Wildman–Crippen LogP) is 3.42. The minimum atomic E-state index is -1.04. The number of hydrogen-bond donors (Lipinski definition) is 2. The number of aromatic carboxylic acids is 1. The predicted molar refractivity (Wildman–Crippen MR) is 94.2 cm³/mol. The van der Waals surface area contributed by atoms with Crippen molar-refractivity contribution in [3.8, 4) is 0 Å². The zero-order valence-electron chi connectivity index (χ0n) is 13.9. The van der Waals surface area contributed by atoms with Gasteiger partial charge in [-0.1, -0.05) is 42.5 Å². The lowest BCUT2D eigenvalue weighted by molar-refractivity contribution is 0.0689. The molecule has 1 aromatic heterocycles. The lowest BCUT2D eigenvalue weighted by atomic mass is 10.1. The zero-order valence-corrected chi connectivity index (χ0v) is 13.9. The molecule has 1 aromatic carbocycles. The number of carbonyl (C=O) groups excluding carboxylic acids is 1. The molecule has 6 heteroatoms. The topological polar surface area (TPSA) is 88.5 Å². The molecule has 0 saturated heterocycles. The molecule has 0 spiro atoms. The van der Waals surface area contributed by atoms with E-state index in [2.05, 4.69) is 10.3 Å². The second-order valence-electron chi connectivity index (χ2n) is 5.42. The first-order chi connectivity index (χ1) is 12.1. The van der Waals surface area contributed by atoms with Gasteiger partial charge in [0.25, 0.3) is 0 Å². The number of pyridine rings is 1. The number of hydrogen-bond acceptors (Lipinski definition) is 4. The number of carboxylic acid groups (broad SMARTS) is 1. The van der Waals surface area contributed by atoms with Crippen molar-refractivity contribution in [2.24, 2.45) is 0 Å². The first-order valence-electron chi connectivity index (χ1n) is 7.87. The minimum absolute atomic E-state index is 0.0555. The van der Waals surface area contributed by atoms with Gasteiger partial charge in [-0.15, -0.1) is 0 Å². The summed E-state index contributed by atoms with van der Waals surface area (Å²) in [5.41, 5.74) is 2.41. The largest absolute Gasteiger partial charge is 0.477 e. The van der Waals surface area contributed by atoms with Crippen LogP contribution in [0.4, 0.5) is 4.79 Å². The zero-order chi connectivity index (χ0) is 18.1. The fourth-order valence-electron chi connectivity index (χ4n) is 2.16. The summed E-state index contributed by atoms with van der Waals surface area (Å²) in [6, 6.07) is 11.2. The van der Waals surface area contributed by atoms with Gasteiger partial charge in [0.05, 0.1) is 0 Å². The van der Waals surface area contributed by atoms with Crippen LogP contribution in [0.15, 0.2) is 48.7 Å². The number of rotatable bonds is 7. The van der Waals surface area contributed by atoms with Crippen LogP contribution in [0, 0.1) is 6.92 Å². The van der Waals surface area contributed by atoms with E-state index in [0.29, 0.717) is 18.5 Å². The first kappa shape index (κ1) is 18.2. The van der Waals surface area contributed by atoms with E-state index in [9.17, 15) is 9.59 Å². The van der Waals surface area contributed by atoms with Crippen LogP contribution in [0.5, 0.6) is 0 Å². The Morgan fingerprint density at radius 1 is 1.28 bits per heavy atom. The highest BCUT2D eigenvalue weighted by atomic mass is 16.5. The maximum Gasteiger partial charge on any atom is 0.407 e. The van der Waals surface area contributed by atoms with Gasteiger partial charge in [-0.3, -0.25) is 0 Å². The summed E-state index contributed by atoms with van der Waals surface area (Å²) in [5, 5.41) is 11.6. The summed E-state index contributed by atoms with van der Waals surface area (Å²) in [5.74, 6) is -1.04. The number of benzene rings is 1. The van der Waals surface area contributed by atoms with Crippen molar-refractivity contribution in [2.45, 2.75) is 20.0 Å². The fraction of sp³-hybridized carbons (Fsp3) is 0.211. The summed E-state index contributed by atoms with van der Waals surface area (Å²) >= 11 is 0. The van der Waals surface area contributed by atoms with Crippen molar-refractivity contribution in [1.29, 1.82) is 0 Å². The Morgan fingerprint density at radius 3 is 2.72 bits per heavy atom. The number of alkyl carbamates (subject to hydrolysis) is 1. The molecule has 25 heavy (non-hydrogen) atoms. The van der Waals surface area contributed by atoms with Gasteiger partial charge >= 0.3 is 12.1 Å². The van der Waals surface area contributed by atoms with Gasteiger partial charge in [0, 0.05) is 12.7 Å². The van der Waals surface area contributed by atoms with Gasteiger partial charge < -0.3 is 15.2 Å². The highest BCUT2D eigenvalue weighted by Gasteiger charge is 2.07. The Bertz CT molecular complexity index is 757. The molecule has 0 saturated carbocycles. The Balaban J connectivity index is 1.70. The van der Waals surface area contributed by atoms with E-state index in [4.69, 9.17) is 9.84 Å². The molecule has 0 fully saturated rings. The van der Waals surface area contributed by atoms with E-state index in [0.717, 1.165) is 11.1 Å². The second-order valence-corrected chi connectivity index (χ2v) is 5.42.